The van der Waals surface area contributed by atoms with Crippen LogP contribution in [0.25, 0.3) is 0 Å². The highest BCUT2D eigenvalue weighted by Crippen LogP contribution is 2.25. The van der Waals surface area contributed by atoms with E-state index in [1.807, 2.05) is 54.6 Å². The zero-order valence-corrected chi connectivity index (χ0v) is 14.3. The van der Waals surface area contributed by atoms with E-state index in [1.165, 1.54) is 45.3 Å². The lowest BCUT2D eigenvalue weighted by atomic mass is 10.1. The summed E-state index contributed by atoms with van der Waals surface area (Å²) in [6.07, 6.45) is 6.44. The molecule has 3 nitrogen and oxygen atoms in total. The van der Waals surface area contributed by atoms with E-state index in [9.17, 15) is 0 Å². The third kappa shape index (κ3) is 5.57. The summed E-state index contributed by atoms with van der Waals surface area (Å²) in [6, 6.07) is 17.7. The van der Waals surface area contributed by atoms with Gasteiger partial charge in [-0.1, -0.05) is 30.7 Å². The van der Waals surface area contributed by atoms with Crippen molar-refractivity contribution in [2.45, 2.75) is 32.1 Å². The SMILES string of the molecule is c1ccc(Oc2cccc(OCCCCN3CCCCC3)c2)cc1. The van der Waals surface area contributed by atoms with Crippen LogP contribution in [0.1, 0.15) is 32.1 Å². The third-order valence-corrected chi connectivity index (χ3v) is 4.37. The van der Waals surface area contributed by atoms with Crippen LogP contribution in [0.5, 0.6) is 17.2 Å². The fourth-order valence-electron chi connectivity index (χ4n) is 3.06. The van der Waals surface area contributed by atoms with Gasteiger partial charge in [0.15, 0.2) is 0 Å². The van der Waals surface area contributed by atoms with Crippen molar-refractivity contribution in [1.82, 2.24) is 4.90 Å². The van der Waals surface area contributed by atoms with E-state index in [0.29, 0.717) is 0 Å². The molecular formula is C21H27NO2. The van der Waals surface area contributed by atoms with Gasteiger partial charge in [-0.15, -0.1) is 0 Å². The molecular weight excluding hydrogens is 298 g/mol. The highest BCUT2D eigenvalue weighted by molar-refractivity contribution is 5.36. The maximum Gasteiger partial charge on any atom is 0.131 e. The molecule has 1 heterocycles. The Morgan fingerprint density at radius 3 is 2.33 bits per heavy atom. The molecule has 0 atom stereocenters. The Kier molecular flexibility index (Phi) is 6.55. The van der Waals surface area contributed by atoms with Crippen LogP contribution in [0.4, 0.5) is 0 Å². The summed E-state index contributed by atoms with van der Waals surface area (Å²) in [5.74, 6) is 2.53. The number of hydrogen-bond donors (Lipinski definition) is 0. The summed E-state index contributed by atoms with van der Waals surface area (Å²) in [5, 5.41) is 0. The Labute approximate surface area is 145 Å². The highest BCUT2D eigenvalue weighted by atomic mass is 16.5. The van der Waals surface area contributed by atoms with Crippen LogP contribution >= 0.6 is 0 Å². The Morgan fingerprint density at radius 2 is 1.50 bits per heavy atom. The molecule has 2 aromatic carbocycles. The molecule has 0 radical (unpaired) electrons. The summed E-state index contributed by atoms with van der Waals surface area (Å²) < 4.78 is 11.7. The Morgan fingerprint density at radius 1 is 0.750 bits per heavy atom. The van der Waals surface area contributed by atoms with Gasteiger partial charge in [0.25, 0.3) is 0 Å². The molecule has 0 amide bonds. The van der Waals surface area contributed by atoms with Crippen LogP contribution in [0.3, 0.4) is 0 Å². The summed E-state index contributed by atoms with van der Waals surface area (Å²) in [7, 11) is 0. The summed E-state index contributed by atoms with van der Waals surface area (Å²) in [6.45, 7) is 4.53. The molecule has 0 spiro atoms. The molecule has 1 aliphatic heterocycles. The molecule has 3 heteroatoms. The standard InChI is InChI=1S/C21H27NO2/c1-3-10-19(11-4-1)24-21-13-9-12-20(18-21)23-17-8-7-16-22-14-5-2-6-15-22/h1,3-4,9-13,18H,2,5-8,14-17H2. The van der Waals surface area contributed by atoms with Crippen LogP contribution in [-0.4, -0.2) is 31.1 Å². The van der Waals surface area contributed by atoms with E-state index in [2.05, 4.69) is 4.90 Å². The lowest BCUT2D eigenvalue weighted by Crippen LogP contribution is -2.30. The first-order valence-electron chi connectivity index (χ1n) is 9.08. The van der Waals surface area contributed by atoms with Crippen LogP contribution < -0.4 is 9.47 Å². The number of rotatable bonds is 8. The van der Waals surface area contributed by atoms with E-state index in [1.54, 1.807) is 0 Å². The van der Waals surface area contributed by atoms with Crippen LogP contribution in [-0.2, 0) is 0 Å². The Bertz CT molecular complexity index is 594. The van der Waals surface area contributed by atoms with E-state index < -0.39 is 0 Å². The number of nitrogens with zero attached hydrogens (tertiary/aromatic N) is 1. The molecule has 0 saturated carbocycles. The van der Waals surface area contributed by atoms with Crippen molar-refractivity contribution in [2.24, 2.45) is 0 Å². The van der Waals surface area contributed by atoms with Gasteiger partial charge in [0.1, 0.15) is 17.2 Å². The Hall–Kier alpha value is -2.00. The fraction of sp³-hybridized carbons (Fsp3) is 0.429. The van der Waals surface area contributed by atoms with E-state index in [4.69, 9.17) is 9.47 Å². The quantitative estimate of drug-likeness (QED) is 0.628. The monoisotopic (exact) mass is 325 g/mol. The number of piperidine rings is 1. The second-order valence-corrected chi connectivity index (χ2v) is 6.35. The first-order chi connectivity index (χ1) is 11.9. The average Bonchev–Trinajstić information content (AvgIpc) is 2.63. The molecule has 1 aliphatic rings. The minimum absolute atomic E-state index is 0.766. The van der Waals surface area contributed by atoms with Crippen LogP contribution in [0, 0.1) is 0 Å². The number of para-hydroxylation sites is 1. The largest absolute Gasteiger partial charge is 0.493 e. The minimum atomic E-state index is 0.766. The molecule has 0 aromatic heterocycles. The van der Waals surface area contributed by atoms with Crippen molar-refractivity contribution in [1.29, 1.82) is 0 Å². The van der Waals surface area contributed by atoms with Crippen molar-refractivity contribution in [3.05, 3.63) is 54.6 Å². The van der Waals surface area contributed by atoms with Gasteiger partial charge in [0.05, 0.1) is 6.61 Å². The maximum atomic E-state index is 5.88. The first-order valence-corrected chi connectivity index (χ1v) is 9.08. The minimum Gasteiger partial charge on any atom is -0.493 e. The summed E-state index contributed by atoms with van der Waals surface area (Å²) >= 11 is 0. The second-order valence-electron chi connectivity index (χ2n) is 6.35. The number of benzene rings is 2. The maximum absolute atomic E-state index is 5.88. The van der Waals surface area contributed by atoms with Gasteiger partial charge in [-0.05, 0) is 69.6 Å². The van der Waals surface area contributed by atoms with E-state index in [-0.39, 0.29) is 0 Å². The molecule has 1 fully saturated rings. The van der Waals surface area contributed by atoms with Crippen molar-refractivity contribution in [2.75, 3.05) is 26.2 Å². The van der Waals surface area contributed by atoms with Crippen molar-refractivity contribution in [3.63, 3.8) is 0 Å². The Balaban J connectivity index is 1.38. The molecule has 2 aromatic rings. The van der Waals surface area contributed by atoms with Gasteiger partial charge < -0.3 is 14.4 Å². The number of hydrogen-bond acceptors (Lipinski definition) is 3. The predicted molar refractivity (Wildman–Crippen MR) is 98.0 cm³/mol. The molecule has 0 aliphatic carbocycles. The molecule has 3 rings (SSSR count). The normalized spacial score (nSPS) is 15.2. The van der Waals surface area contributed by atoms with Crippen molar-refractivity contribution >= 4 is 0 Å². The lowest BCUT2D eigenvalue weighted by molar-refractivity contribution is 0.216. The topological polar surface area (TPSA) is 21.7 Å². The fourth-order valence-corrected chi connectivity index (χ4v) is 3.06. The van der Waals surface area contributed by atoms with Gasteiger partial charge in [-0.25, -0.2) is 0 Å². The number of likely N-dealkylation sites (tertiary alicyclic amines) is 1. The smallest absolute Gasteiger partial charge is 0.131 e. The number of unbranched alkanes of at least 4 members (excludes halogenated alkanes) is 1. The van der Waals surface area contributed by atoms with Crippen LogP contribution in [0.15, 0.2) is 54.6 Å². The van der Waals surface area contributed by atoms with E-state index in [0.717, 1.165) is 30.3 Å². The highest BCUT2D eigenvalue weighted by Gasteiger charge is 2.08. The second kappa shape index (κ2) is 9.33. The predicted octanol–water partition coefficient (Wildman–Crippen LogP) is 5.12. The molecule has 0 N–H and O–H groups in total. The average molecular weight is 325 g/mol. The summed E-state index contributed by atoms with van der Waals surface area (Å²) in [4.78, 5) is 2.58. The molecule has 0 bridgehead atoms. The van der Waals surface area contributed by atoms with Gasteiger partial charge in [0.2, 0.25) is 0 Å². The van der Waals surface area contributed by atoms with Crippen molar-refractivity contribution < 1.29 is 9.47 Å². The van der Waals surface area contributed by atoms with Crippen LogP contribution in [0.2, 0.25) is 0 Å². The summed E-state index contributed by atoms with van der Waals surface area (Å²) in [5.41, 5.74) is 0. The van der Waals surface area contributed by atoms with Gasteiger partial charge in [0, 0.05) is 6.07 Å². The van der Waals surface area contributed by atoms with Crippen molar-refractivity contribution in [3.8, 4) is 17.2 Å². The molecule has 128 valence electrons. The molecule has 24 heavy (non-hydrogen) atoms. The molecule has 0 unspecified atom stereocenters. The van der Waals surface area contributed by atoms with E-state index >= 15 is 0 Å². The lowest BCUT2D eigenvalue weighted by Gasteiger charge is -2.26. The van der Waals surface area contributed by atoms with Gasteiger partial charge >= 0.3 is 0 Å². The van der Waals surface area contributed by atoms with Gasteiger partial charge in [-0.3, -0.25) is 0 Å². The third-order valence-electron chi connectivity index (χ3n) is 4.37. The first kappa shape index (κ1) is 16.8. The zero-order valence-electron chi connectivity index (χ0n) is 14.3. The molecule has 1 saturated heterocycles. The zero-order chi connectivity index (χ0) is 16.5. The number of ether oxygens (including phenoxy) is 2. The van der Waals surface area contributed by atoms with Gasteiger partial charge in [-0.2, -0.15) is 0 Å².